The molecule has 1 aliphatic heterocycles. The number of esters is 1. The average molecular weight is 288 g/mol. The standard InChI is InChI=1S/C17H20O4/c1-10(2)17(19)20-9-11(3)16-8-14-7-13(12(4)18)5-6-15(14)21-16/h5-7,10,16H,3,8-9H2,1-2,4H3/t16-/m0/s1. The summed E-state index contributed by atoms with van der Waals surface area (Å²) < 4.78 is 11.0. The summed E-state index contributed by atoms with van der Waals surface area (Å²) in [5.74, 6) is 0.399. The normalized spacial score (nSPS) is 16.3. The molecule has 0 amide bonds. The Balaban J connectivity index is 1.97. The molecule has 2 rings (SSSR count). The lowest BCUT2D eigenvalue weighted by atomic mass is 10.0. The highest BCUT2D eigenvalue weighted by Crippen LogP contribution is 2.32. The van der Waals surface area contributed by atoms with Crippen molar-refractivity contribution < 1.29 is 19.1 Å². The SMILES string of the molecule is C=C(COC(=O)C(C)C)[C@@H]1Cc2cc(C(C)=O)ccc2O1. The third-order valence-corrected chi connectivity index (χ3v) is 3.47. The fraction of sp³-hybridized carbons (Fsp3) is 0.412. The molecule has 0 aliphatic carbocycles. The van der Waals surface area contributed by atoms with Crippen molar-refractivity contribution in [1.82, 2.24) is 0 Å². The van der Waals surface area contributed by atoms with Crippen LogP contribution < -0.4 is 4.74 Å². The topological polar surface area (TPSA) is 52.6 Å². The van der Waals surface area contributed by atoms with Crippen LogP contribution in [0, 0.1) is 5.92 Å². The molecule has 0 N–H and O–H groups in total. The molecule has 112 valence electrons. The third-order valence-electron chi connectivity index (χ3n) is 3.47. The summed E-state index contributed by atoms with van der Waals surface area (Å²) in [6.07, 6.45) is 0.441. The second kappa shape index (κ2) is 6.12. The zero-order valence-electron chi connectivity index (χ0n) is 12.6. The summed E-state index contributed by atoms with van der Waals surface area (Å²) in [6, 6.07) is 5.41. The van der Waals surface area contributed by atoms with Gasteiger partial charge in [0.2, 0.25) is 0 Å². The first kappa shape index (κ1) is 15.3. The number of hydrogen-bond acceptors (Lipinski definition) is 4. The lowest BCUT2D eigenvalue weighted by Gasteiger charge is -2.15. The maximum Gasteiger partial charge on any atom is 0.308 e. The van der Waals surface area contributed by atoms with E-state index in [1.807, 2.05) is 6.07 Å². The Morgan fingerprint density at radius 2 is 2.14 bits per heavy atom. The maximum atomic E-state index is 11.5. The van der Waals surface area contributed by atoms with Gasteiger partial charge in [-0.3, -0.25) is 9.59 Å². The van der Waals surface area contributed by atoms with Crippen molar-refractivity contribution in [3.8, 4) is 5.75 Å². The second-order valence-corrected chi connectivity index (χ2v) is 5.61. The van der Waals surface area contributed by atoms with E-state index in [2.05, 4.69) is 6.58 Å². The fourth-order valence-corrected chi connectivity index (χ4v) is 2.12. The van der Waals surface area contributed by atoms with Gasteiger partial charge in [-0.15, -0.1) is 0 Å². The highest BCUT2D eigenvalue weighted by Gasteiger charge is 2.26. The Kier molecular flexibility index (Phi) is 4.46. The summed E-state index contributed by atoms with van der Waals surface area (Å²) in [5.41, 5.74) is 2.39. The van der Waals surface area contributed by atoms with Crippen LogP contribution in [-0.4, -0.2) is 24.5 Å². The van der Waals surface area contributed by atoms with Crippen LogP contribution in [0.4, 0.5) is 0 Å². The maximum absolute atomic E-state index is 11.5. The molecule has 4 heteroatoms. The Bertz CT molecular complexity index is 586. The lowest BCUT2D eigenvalue weighted by Crippen LogP contribution is -2.22. The van der Waals surface area contributed by atoms with Crippen LogP contribution in [0.25, 0.3) is 0 Å². The summed E-state index contributed by atoms with van der Waals surface area (Å²) >= 11 is 0. The van der Waals surface area contributed by atoms with Crippen LogP contribution in [0.5, 0.6) is 5.75 Å². The van der Waals surface area contributed by atoms with Crippen LogP contribution >= 0.6 is 0 Å². The van der Waals surface area contributed by atoms with Gasteiger partial charge in [-0.1, -0.05) is 20.4 Å². The van der Waals surface area contributed by atoms with Crippen molar-refractivity contribution in [3.05, 3.63) is 41.5 Å². The molecule has 0 radical (unpaired) electrons. The molecule has 0 aromatic heterocycles. The fourth-order valence-electron chi connectivity index (χ4n) is 2.12. The Labute approximate surface area is 124 Å². The van der Waals surface area contributed by atoms with E-state index < -0.39 is 0 Å². The van der Waals surface area contributed by atoms with Crippen LogP contribution in [0.2, 0.25) is 0 Å². The first-order valence-electron chi connectivity index (χ1n) is 7.03. The van der Waals surface area contributed by atoms with E-state index in [1.165, 1.54) is 0 Å². The Hall–Kier alpha value is -2.10. The van der Waals surface area contributed by atoms with Gasteiger partial charge >= 0.3 is 5.97 Å². The molecule has 0 bridgehead atoms. The first-order valence-corrected chi connectivity index (χ1v) is 7.03. The van der Waals surface area contributed by atoms with Gasteiger partial charge < -0.3 is 9.47 Å². The van der Waals surface area contributed by atoms with Crippen molar-refractivity contribution in [2.75, 3.05) is 6.61 Å². The van der Waals surface area contributed by atoms with Crippen molar-refractivity contribution in [3.63, 3.8) is 0 Å². The predicted molar refractivity (Wildman–Crippen MR) is 79.5 cm³/mol. The van der Waals surface area contributed by atoms with Crippen LogP contribution in [0.1, 0.15) is 36.7 Å². The second-order valence-electron chi connectivity index (χ2n) is 5.61. The number of ketones is 1. The van der Waals surface area contributed by atoms with E-state index in [4.69, 9.17) is 9.47 Å². The molecule has 0 saturated carbocycles. The van der Waals surface area contributed by atoms with E-state index in [-0.39, 0.29) is 30.4 Å². The molecule has 1 atom stereocenters. The third kappa shape index (κ3) is 3.51. The first-order chi connectivity index (χ1) is 9.88. The van der Waals surface area contributed by atoms with Gasteiger partial charge in [0.25, 0.3) is 0 Å². The number of Topliss-reactive ketones (excluding diaryl/α,β-unsaturated/α-hetero) is 1. The van der Waals surface area contributed by atoms with Crippen molar-refractivity contribution in [1.29, 1.82) is 0 Å². The molecular weight excluding hydrogens is 268 g/mol. The molecule has 21 heavy (non-hydrogen) atoms. The number of carbonyl (C=O) groups is 2. The van der Waals surface area contributed by atoms with E-state index in [9.17, 15) is 9.59 Å². The van der Waals surface area contributed by atoms with Gasteiger partial charge in [0.05, 0.1) is 5.92 Å². The molecule has 0 fully saturated rings. The van der Waals surface area contributed by atoms with Gasteiger partial charge in [-0.2, -0.15) is 0 Å². The minimum atomic E-state index is -0.245. The number of ether oxygens (including phenoxy) is 2. The number of carbonyl (C=O) groups excluding carboxylic acids is 2. The minimum absolute atomic E-state index is 0.0333. The lowest BCUT2D eigenvalue weighted by molar-refractivity contribution is -0.146. The van der Waals surface area contributed by atoms with Crippen LogP contribution in [0.15, 0.2) is 30.4 Å². The molecule has 0 spiro atoms. The summed E-state index contributed by atoms with van der Waals surface area (Å²) in [4.78, 5) is 22.8. The predicted octanol–water partition coefficient (Wildman–Crippen LogP) is 2.95. The number of hydrogen-bond donors (Lipinski definition) is 0. The molecule has 0 saturated heterocycles. The molecular formula is C17H20O4. The Morgan fingerprint density at radius 3 is 2.76 bits per heavy atom. The van der Waals surface area contributed by atoms with Crippen molar-refractivity contribution in [2.45, 2.75) is 33.3 Å². The van der Waals surface area contributed by atoms with Crippen LogP contribution in [0.3, 0.4) is 0 Å². The highest BCUT2D eigenvalue weighted by atomic mass is 16.5. The smallest absolute Gasteiger partial charge is 0.308 e. The largest absolute Gasteiger partial charge is 0.485 e. The van der Waals surface area contributed by atoms with Gasteiger partial charge in [-0.25, -0.2) is 0 Å². The number of rotatable bonds is 5. The van der Waals surface area contributed by atoms with Crippen LogP contribution in [-0.2, 0) is 16.0 Å². The van der Waals surface area contributed by atoms with Crippen molar-refractivity contribution >= 4 is 11.8 Å². The molecule has 4 nitrogen and oxygen atoms in total. The van der Waals surface area contributed by atoms with E-state index in [1.54, 1.807) is 32.9 Å². The van der Waals surface area contributed by atoms with Gasteiger partial charge in [0.15, 0.2) is 5.78 Å². The molecule has 1 aliphatic rings. The van der Waals surface area contributed by atoms with Gasteiger partial charge in [-0.05, 0) is 30.7 Å². The molecule has 1 aromatic rings. The Morgan fingerprint density at radius 1 is 1.43 bits per heavy atom. The minimum Gasteiger partial charge on any atom is -0.485 e. The number of benzene rings is 1. The van der Waals surface area contributed by atoms with E-state index in [0.29, 0.717) is 12.0 Å². The zero-order chi connectivity index (χ0) is 15.6. The quantitative estimate of drug-likeness (QED) is 0.475. The highest BCUT2D eigenvalue weighted by molar-refractivity contribution is 5.94. The molecule has 1 aromatic carbocycles. The van der Waals surface area contributed by atoms with Crippen molar-refractivity contribution in [2.24, 2.45) is 5.92 Å². The van der Waals surface area contributed by atoms with E-state index in [0.717, 1.165) is 16.9 Å². The van der Waals surface area contributed by atoms with Gasteiger partial charge in [0, 0.05) is 17.6 Å². The van der Waals surface area contributed by atoms with Gasteiger partial charge in [0.1, 0.15) is 18.5 Å². The average Bonchev–Trinajstić information content (AvgIpc) is 2.86. The zero-order valence-corrected chi connectivity index (χ0v) is 12.6. The summed E-state index contributed by atoms with van der Waals surface area (Å²) in [6.45, 7) is 9.22. The summed E-state index contributed by atoms with van der Waals surface area (Å²) in [7, 11) is 0. The van der Waals surface area contributed by atoms with E-state index >= 15 is 0 Å². The summed E-state index contributed by atoms with van der Waals surface area (Å²) in [5, 5.41) is 0. The number of fused-ring (bicyclic) bond motifs is 1. The molecule has 0 unspecified atom stereocenters. The molecule has 1 heterocycles. The monoisotopic (exact) mass is 288 g/mol.